The number of ether oxygens (including phenoxy) is 1. The number of aromatic nitrogens is 1. The summed E-state index contributed by atoms with van der Waals surface area (Å²) in [5, 5.41) is 6.31. The van der Waals surface area contributed by atoms with Gasteiger partial charge in [-0.25, -0.2) is 5.43 Å². The van der Waals surface area contributed by atoms with Crippen LogP contribution >= 0.6 is 0 Å². The average Bonchev–Trinajstić information content (AvgIpc) is 3.10. The van der Waals surface area contributed by atoms with E-state index in [9.17, 15) is 4.79 Å². The van der Waals surface area contributed by atoms with E-state index in [1.165, 1.54) is 0 Å². The van der Waals surface area contributed by atoms with Gasteiger partial charge in [0, 0.05) is 28.2 Å². The molecule has 4 aromatic rings. The van der Waals surface area contributed by atoms with Gasteiger partial charge >= 0.3 is 0 Å². The normalized spacial score (nSPS) is 11.1. The molecule has 0 aliphatic carbocycles. The summed E-state index contributed by atoms with van der Waals surface area (Å²) in [7, 11) is 0. The van der Waals surface area contributed by atoms with Crippen LogP contribution in [0, 0.1) is 13.8 Å². The third-order valence-electron chi connectivity index (χ3n) is 5.31. The first-order valence-electron chi connectivity index (χ1n) is 10.4. The average molecular weight is 424 g/mol. The van der Waals surface area contributed by atoms with Crippen molar-refractivity contribution in [2.75, 3.05) is 6.61 Å². The fourth-order valence-electron chi connectivity index (χ4n) is 3.72. The molecule has 0 saturated heterocycles. The Hall–Kier alpha value is -4.12. The lowest BCUT2D eigenvalue weighted by molar-refractivity contribution is 0.0955. The summed E-state index contributed by atoms with van der Waals surface area (Å²) >= 11 is 0. The van der Waals surface area contributed by atoms with E-state index in [1.807, 2.05) is 86.6 Å². The Morgan fingerprint density at radius 2 is 1.78 bits per heavy atom. The summed E-state index contributed by atoms with van der Waals surface area (Å²) < 4.78 is 7.70. The van der Waals surface area contributed by atoms with Crippen LogP contribution in [0.15, 0.2) is 90.6 Å². The standard InChI is InChI=1S/C27H25N3O2/c1-4-15-32-26-13-11-25(12-14-26)30-19(2)16-24(20(30)3)18-28-29-27(31)23-10-9-21-7-5-6-8-22(21)17-23/h4-14,16-18H,1,15H2,2-3H3,(H,29,31)/b28-18+. The Kier molecular flexibility index (Phi) is 6.17. The number of benzene rings is 3. The second-order valence-electron chi connectivity index (χ2n) is 7.52. The molecule has 32 heavy (non-hydrogen) atoms. The second kappa shape index (κ2) is 9.35. The molecule has 0 unspecified atom stereocenters. The molecule has 1 N–H and O–H groups in total. The van der Waals surface area contributed by atoms with Gasteiger partial charge in [0.05, 0.1) is 6.21 Å². The van der Waals surface area contributed by atoms with Crippen LogP contribution in [0.25, 0.3) is 16.5 Å². The predicted molar refractivity (Wildman–Crippen MR) is 130 cm³/mol. The quantitative estimate of drug-likeness (QED) is 0.240. The van der Waals surface area contributed by atoms with Gasteiger partial charge in [-0.15, -0.1) is 0 Å². The number of nitrogens with zero attached hydrogens (tertiary/aromatic N) is 2. The molecular formula is C27H25N3O2. The van der Waals surface area contributed by atoms with Crippen molar-refractivity contribution in [1.82, 2.24) is 9.99 Å². The van der Waals surface area contributed by atoms with E-state index >= 15 is 0 Å². The maximum atomic E-state index is 12.5. The molecule has 0 atom stereocenters. The third kappa shape index (κ3) is 4.47. The van der Waals surface area contributed by atoms with Crippen LogP contribution in [0.1, 0.15) is 27.3 Å². The van der Waals surface area contributed by atoms with Gasteiger partial charge in [0.2, 0.25) is 0 Å². The van der Waals surface area contributed by atoms with Crippen LogP contribution < -0.4 is 10.2 Å². The van der Waals surface area contributed by atoms with E-state index in [2.05, 4.69) is 21.7 Å². The van der Waals surface area contributed by atoms with Crippen molar-refractivity contribution in [3.05, 3.63) is 108 Å². The summed E-state index contributed by atoms with van der Waals surface area (Å²) in [6, 6.07) is 23.5. The number of hydrogen-bond acceptors (Lipinski definition) is 3. The number of rotatable bonds is 7. The SMILES string of the molecule is C=CCOc1ccc(-n2c(C)cc(/C=N/NC(=O)c3ccc4ccccc4c3)c2C)cc1. The molecular weight excluding hydrogens is 398 g/mol. The lowest BCUT2D eigenvalue weighted by Gasteiger charge is -2.11. The molecule has 4 rings (SSSR count). The number of carbonyl (C=O) groups excluding carboxylic acids is 1. The van der Waals surface area contributed by atoms with Crippen molar-refractivity contribution in [2.45, 2.75) is 13.8 Å². The third-order valence-corrected chi connectivity index (χ3v) is 5.31. The summed E-state index contributed by atoms with van der Waals surface area (Å²) in [5.41, 5.74) is 7.28. The number of aryl methyl sites for hydroxylation is 1. The van der Waals surface area contributed by atoms with Crippen molar-refractivity contribution in [2.24, 2.45) is 5.10 Å². The van der Waals surface area contributed by atoms with Gasteiger partial charge in [-0.3, -0.25) is 4.79 Å². The topological polar surface area (TPSA) is 55.6 Å². The Bertz CT molecular complexity index is 1300. The van der Waals surface area contributed by atoms with Crippen LogP contribution in [0.4, 0.5) is 0 Å². The zero-order valence-corrected chi connectivity index (χ0v) is 18.2. The highest BCUT2D eigenvalue weighted by Crippen LogP contribution is 2.22. The second-order valence-corrected chi connectivity index (χ2v) is 7.52. The largest absolute Gasteiger partial charge is 0.490 e. The molecule has 5 heteroatoms. The molecule has 0 aliphatic rings. The van der Waals surface area contributed by atoms with Crippen molar-refractivity contribution >= 4 is 22.9 Å². The first kappa shape index (κ1) is 21.1. The van der Waals surface area contributed by atoms with Crippen LogP contribution in [-0.2, 0) is 0 Å². The van der Waals surface area contributed by atoms with Crippen LogP contribution in [0.5, 0.6) is 5.75 Å². The number of carbonyl (C=O) groups is 1. The van der Waals surface area contributed by atoms with Crippen molar-refractivity contribution in [3.8, 4) is 11.4 Å². The van der Waals surface area contributed by atoms with Crippen molar-refractivity contribution < 1.29 is 9.53 Å². The number of hydrazone groups is 1. The molecule has 1 aromatic heterocycles. The number of amides is 1. The molecule has 5 nitrogen and oxygen atoms in total. The molecule has 1 amide bonds. The van der Waals surface area contributed by atoms with E-state index in [1.54, 1.807) is 12.3 Å². The Morgan fingerprint density at radius 1 is 1.03 bits per heavy atom. The van der Waals surface area contributed by atoms with Crippen LogP contribution in [-0.4, -0.2) is 23.3 Å². The van der Waals surface area contributed by atoms with Crippen molar-refractivity contribution in [1.29, 1.82) is 0 Å². The van der Waals surface area contributed by atoms with Gasteiger partial charge in [-0.2, -0.15) is 5.10 Å². The minimum absolute atomic E-state index is 0.240. The lowest BCUT2D eigenvalue weighted by atomic mass is 10.1. The lowest BCUT2D eigenvalue weighted by Crippen LogP contribution is -2.17. The number of nitrogens with one attached hydrogen (secondary N) is 1. The summed E-state index contributed by atoms with van der Waals surface area (Å²) in [6.07, 6.45) is 3.40. The van der Waals surface area contributed by atoms with Gasteiger partial charge in [0.1, 0.15) is 12.4 Å². The van der Waals surface area contributed by atoms with Gasteiger partial charge in [0.15, 0.2) is 0 Å². The van der Waals surface area contributed by atoms with Gasteiger partial charge in [0.25, 0.3) is 5.91 Å². The Morgan fingerprint density at radius 3 is 2.53 bits per heavy atom. The smallest absolute Gasteiger partial charge is 0.271 e. The zero-order chi connectivity index (χ0) is 22.5. The number of hydrogen-bond donors (Lipinski definition) is 1. The molecule has 3 aromatic carbocycles. The monoisotopic (exact) mass is 423 g/mol. The molecule has 1 heterocycles. The van der Waals surface area contributed by atoms with Gasteiger partial charge in [-0.1, -0.05) is 43.0 Å². The molecule has 0 saturated carbocycles. The molecule has 0 aliphatic heterocycles. The predicted octanol–water partition coefficient (Wildman–Crippen LogP) is 5.58. The Balaban J connectivity index is 1.48. The number of fused-ring (bicyclic) bond motifs is 1. The fourth-order valence-corrected chi connectivity index (χ4v) is 3.72. The zero-order valence-electron chi connectivity index (χ0n) is 18.2. The summed E-state index contributed by atoms with van der Waals surface area (Å²) in [4.78, 5) is 12.5. The maximum Gasteiger partial charge on any atom is 0.271 e. The Labute approximate surface area is 187 Å². The minimum Gasteiger partial charge on any atom is -0.490 e. The van der Waals surface area contributed by atoms with E-state index in [4.69, 9.17) is 4.74 Å². The highest BCUT2D eigenvalue weighted by Gasteiger charge is 2.10. The van der Waals surface area contributed by atoms with Gasteiger partial charge in [-0.05, 0) is 67.1 Å². The highest BCUT2D eigenvalue weighted by atomic mass is 16.5. The highest BCUT2D eigenvalue weighted by molar-refractivity contribution is 5.99. The van der Waals surface area contributed by atoms with Crippen molar-refractivity contribution in [3.63, 3.8) is 0 Å². The molecule has 0 spiro atoms. The van der Waals surface area contributed by atoms with E-state index < -0.39 is 0 Å². The molecule has 0 fully saturated rings. The van der Waals surface area contributed by atoms with Crippen LogP contribution in [0.2, 0.25) is 0 Å². The maximum absolute atomic E-state index is 12.5. The molecule has 0 radical (unpaired) electrons. The van der Waals surface area contributed by atoms with E-state index in [0.717, 1.165) is 39.2 Å². The van der Waals surface area contributed by atoms with Gasteiger partial charge < -0.3 is 9.30 Å². The minimum atomic E-state index is -0.240. The fraction of sp³-hybridized carbons (Fsp3) is 0.111. The van der Waals surface area contributed by atoms with E-state index in [0.29, 0.717) is 12.2 Å². The first-order valence-corrected chi connectivity index (χ1v) is 10.4. The summed E-state index contributed by atoms with van der Waals surface area (Å²) in [6.45, 7) is 8.21. The molecule has 0 bridgehead atoms. The molecule has 160 valence electrons. The first-order chi connectivity index (χ1) is 15.6. The van der Waals surface area contributed by atoms with E-state index in [-0.39, 0.29) is 5.91 Å². The summed E-state index contributed by atoms with van der Waals surface area (Å²) in [5.74, 6) is 0.560. The van der Waals surface area contributed by atoms with Crippen LogP contribution in [0.3, 0.4) is 0 Å².